The van der Waals surface area contributed by atoms with Gasteiger partial charge in [0.25, 0.3) is 0 Å². The van der Waals surface area contributed by atoms with Gasteiger partial charge < -0.3 is 10.0 Å². The molecular weight excluding hydrogens is 218 g/mol. The van der Waals surface area contributed by atoms with Crippen molar-refractivity contribution in [3.8, 4) is 0 Å². The van der Waals surface area contributed by atoms with Gasteiger partial charge in [-0.25, -0.2) is 0 Å². The predicted molar refractivity (Wildman–Crippen MR) is 65.6 cm³/mol. The largest absolute Gasteiger partial charge is 0.480 e. The van der Waals surface area contributed by atoms with E-state index in [0.717, 1.165) is 6.42 Å². The summed E-state index contributed by atoms with van der Waals surface area (Å²) in [5.41, 5.74) is 0. The highest BCUT2D eigenvalue weighted by molar-refractivity contribution is 5.82. The zero-order valence-electron chi connectivity index (χ0n) is 10.8. The molecule has 98 valence electrons. The fourth-order valence-corrected chi connectivity index (χ4v) is 2.67. The van der Waals surface area contributed by atoms with E-state index >= 15 is 0 Å². The summed E-state index contributed by atoms with van der Waals surface area (Å²) in [5.74, 6) is -0.329. The standard InChI is InChI=1S/C13H23NO3/c1-3-14(9-12(15)16)13(17)10(2)8-11-6-4-5-7-11/h10-11H,3-9H2,1-2H3,(H,15,16). The van der Waals surface area contributed by atoms with Crippen LogP contribution in [0.4, 0.5) is 0 Å². The van der Waals surface area contributed by atoms with Crippen molar-refractivity contribution in [3.63, 3.8) is 0 Å². The van der Waals surface area contributed by atoms with Crippen LogP contribution in [0.5, 0.6) is 0 Å². The van der Waals surface area contributed by atoms with Crippen LogP contribution in [0.3, 0.4) is 0 Å². The molecule has 0 heterocycles. The fourth-order valence-electron chi connectivity index (χ4n) is 2.67. The van der Waals surface area contributed by atoms with Crippen molar-refractivity contribution < 1.29 is 14.7 Å². The van der Waals surface area contributed by atoms with Crippen LogP contribution in [0.2, 0.25) is 0 Å². The molecule has 17 heavy (non-hydrogen) atoms. The molecule has 0 aromatic carbocycles. The SMILES string of the molecule is CCN(CC(=O)O)C(=O)C(C)CC1CCCC1. The van der Waals surface area contributed by atoms with Gasteiger partial charge in [-0.15, -0.1) is 0 Å². The number of hydrogen-bond acceptors (Lipinski definition) is 2. The molecule has 1 N–H and O–H groups in total. The lowest BCUT2D eigenvalue weighted by Crippen LogP contribution is -2.39. The minimum Gasteiger partial charge on any atom is -0.480 e. The van der Waals surface area contributed by atoms with Gasteiger partial charge in [-0.1, -0.05) is 32.6 Å². The lowest BCUT2D eigenvalue weighted by atomic mass is 9.93. The minimum atomic E-state index is -0.937. The third kappa shape index (κ3) is 4.36. The first-order valence-electron chi connectivity index (χ1n) is 6.55. The van der Waals surface area contributed by atoms with Crippen molar-refractivity contribution >= 4 is 11.9 Å². The molecule has 0 bridgehead atoms. The van der Waals surface area contributed by atoms with Crippen LogP contribution in [-0.4, -0.2) is 35.0 Å². The zero-order valence-corrected chi connectivity index (χ0v) is 10.8. The number of carbonyl (C=O) groups is 2. The van der Waals surface area contributed by atoms with Crippen LogP contribution in [-0.2, 0) is 9.59 Å². The number of nitrogens with zero attached hydrogens (tertiary/aromatic N) is 1. The molecule has 1 fully saturated rings. The summed E-state index contributed by atoms with van der Waals surface area (Å²) in [6, 6.07) is 0. The maximum absolute atomic E-state index is 12.1. The third-order valence-electron chi connectivity index (χ3n) is 3.60. The monoisotopic (exact) mass is 241 g/mol. The van der Waals surface area contributed by atoms with Crippen molar-refractivity contribution in [2.24, 2.45) is 11.8 Å². The Bertz CT molecular complexity index is 272. The van der Waals surface area contributed by atoms with Crippen molar-refractivity contribution in [3.05, 3.63) is 0 Å². The van der Waals surface area contributed by atoms with Crippen LogP contribution in [0.1, 0.15) is 46.0 Å². The van der Waals surface area contributed by atoms with Crippen LogP contribution < -0.4 is 0 Å². The Morgan fingerprint density at radius 2 is 1.94 bits per heavy atom. The Kier molecular flexibility index (Phi) is 5.45. The number of rotatable bonds is 6. The smallest absolute Gasteiger partial charge is 0.323 e. The van der Waals surface area contributed by atoms with E-state index in [4.69, 9.17) is 5.11 Å². The molecule has 0 aromatic heterocycles. The quantitative estimate of drug-likeness (QED) is 0.775. The lowest BCUT2D eigenvalue weighted by Gasteiger charge is -2.24. The number of aliphatic carboxylic acids is 1. The van der Waals surface area contributed by atoms with E-state index in [9.17, 15) is 9.59 Å². The Balaban J connectivity index is 2.44. The van der Waals surface area contributed by atoms with Gasteiger partial charge in [0.15, 0.2) is 0 Å². The first kappa shape index (κ1) is 14.0. The van der Waals surface area contributed by atoms with E-state index in [0.29, 0.717) is 12.5 Å². The van der Waals surface area contributed by atoms with E-state index in [1.54, 1.807) is 0 Å². The van der Waals surface area contributed by atoms with Crippen LogP contribution in [0.15, 0.2) is 0 Å². The molecule has 0 radical (unpaired) electrons. The summed E-state index contributed by atoms with van der Waals surface area (Å²) in [7, 11) is 0. The molecule has 1 aliphatic rings. The van der Waals surface area contributed by atoms with Gasteiger partial charge in [0.1, 0.15) is 6.54 Å². The number of amides is 1. The molecule has 1 rings (SSSR count). The highest BCUT2D eigenvalue weighted by atomic mass is 16.4. The molecule has 1 amide bonds. The van der Waals surface area contributed by atoms with Crippen LogP contribution in [0.25, 0.3) is 0 Å². The van der Waals surface area contributed by atoms with Crippen LogP contribution in [0, 0.1) is 11.8 Å². The fraction of sp³-hybridized carbons (Fsp3) is 0.846. The molecule has 4 nitrogen and oxygen atoms in total. The second kappa shape index (κ2) is 6.62. The Hall–Kier alpha value is -1.06. The number of carbonyl (C=O) groups excluding carboxylic acids is 1. The van der Waals surface area contributed by atoms with E-state index in [1.165, 1.54) is 30.6 Å². The lowest BCUT2D eigenvalue weighted by molar-refractivity contribution is -0.146. The van der Waals surface area contributed by atoms with Crippen molar-refractivity contribution in [1.29, 1.82) is 0 Å². The van der Waals surface area contributed by atoms with Crippen molar-refractivity contribution in [2.75, 3.05) is 13.1 Å². The summed E-state index contributed by atoms with van der Waals surface area (Å²) in [6.45, 7) is 4.04. The minimum absolute atomic E-state index is 0.0122. The van der Waals surface area contributed by atoms with Crippen molar-refractivity contribution in [2.45, 2.75) is 46.0 Å². The van der Waals surface area contributed by atoms with Gasteiger partial charge in [-0.3, -0.25) is 9.59 Å². The summed E-state index contributed by atoms with van der Waals surface area (Å²) in [4.78, 5) is 24.1. The second-order valence-electron chi connectivity index (χ2n) is 5.03. The first-order valence-corrected chi connectivity index (χ1v) is 6.55. The zero-order chi connectivity index (χ0) is 12.8. The molecular formula is C13H23NO3. The molecule has 0 aliphatic heterocycles. The third-order valence-corrected chi connectivity index (χ3v) is 3.60. The Morgan fingerprint density at radius 1 is 1.35 bits per heavy atom. The van der Waals surface area contributed by atoms with Gasteiger partial charge in [0.2, 0.25) is 5.91 Å². The number of hydrogen-bond donors (Lipinski definition) is 1. The average molecular weight is 241 g/mol. The van der Waals surface area contributed by atoms with E-state index < -0.39 is 5.97 Å². The molecule has 4 heteroatoms. The molecule has 1 unspecified atom stereocenters. The van der Waals surface area contributed by atoms with E-state index in [2.05, 4.69) is 0 Å². The molecule has 1 atom stereocenters. The molecule has 0 saturated heterocycles. The van der Waals surface area contributed by atoms with Gasteiger partial charge in [0, 0.05) is 12.5 Å². The van der Waals surface area contributed by atoms with Crippen LogP contribution >= 0.6 is 0 Å². The molecule has 1 aliphatic carbocycles. The summed E-state index contributed by atoms with van der Waals surface area (Å²) in [6.07, 6.45) is 5.91. The van der Waals surface area contributed by atoms with Gasteiger partial charge in [-0.2, -0.15) is 0 Å². The Labute approximate surface area is 103 Å². The maximum Gasteiger partial charge on any atom is 0.323 e. The van der Waals surface area contributed by atoms with E-state index in [-0.39, 0.29) is 18.4 Å². The normalized spacial score (nSPS) is 18.0. The van der Waals surface area contributed by atoms with E-state index in [1.807, 2.05) is 13.8 Å². The summed E-state index contributed by atoms with van der Waals surface area (Å²) >= 11 is 0. The predicted octanol–water partition coefficient (Wildman–Crippen LogP) is 2.14. The van der Waals surface area contributed by atoms with Gasteiger partial charge >= 0.3 is 5.97 Å². The molecule has 1 saturated carbocycles. The maximum atomic E-state index is 12.1. The average Bonchev–Trinajstić information content (AvgIpc) is 2.77. The van der Waals surface area contributed by atoms with Gasteiger partial charge in [-0.05, 0) is 19.3 Å². The topological polar surface area (TPSA) is 57.6 Å². The summed E-state index contributed by atoms with van der Waals surface area (Å²) < 4.78 is 0. The summed E-state index contributed by atoms with van der Waals surface area (Å²) in [5, 5.41) is 8.74. The number of carboxylic acid groups (broad SMARTS) is 1. The Morgan fingerprint density at radius 3 is 2.41 bits per heavy atom. The number of carboxylic acids is 1. The molecule has 0 spiro atoms. The van der Waals surface area contributed by atoms with Gasteiger partial charge in [0.05, 0.1) is 0 Å². The van der Waals surface area contributed by atoms with Crippen molar-refractivity contribution in [1.82, 2.24) is 4.90 Å². The highest BCUT2D eigenvalue weighted by Gasteiger charge is 2.25. The number of likely N-dealkylation sites (N-methyl/N-ethyl adjacent to an activating group) is 1. The second-order valence-corrected chi connectivity index (χ2v) is 5.03. The first-order chi connectivity index (χ1) is 8.04. The molecule has 0 aromatic rings. The highest BCUT2D eigenvalue weighted by Crippen LogP contribution is 2.30.